The Bertz CT molecular complexity index is 621. The fraction of sp³-hybridized carbons (Fsp3) is 0.0769. The van der Waals surface area contributed by atoms with Gasteiger partial charge in [0.2, 0.25) is 0 Å². The first-order chi connectivity index (χ1) is 9.08. The van der Waals surface area contributed by atoms with Gasteiger partial charge >= 0.3 is 0 Å². The Labute approximate surface area is 123 Å². The van der Waals surface area contributed by atoms with E-state index in [1.807, 2.05) is 6.07 Å². The second-order valence-electron chi connectivity index (χ2n) is 3.74. The molecule has 0 saturated carbocycles. The van der Waals surface area contributed by atoms with E-state index in [1.165, 1.54) is 12.1 Å². The van der Waals surface area contributed by atoms with Gasteiger partial charge in [-0.15, -0.1) is 0 Å². The van der Waals surface area contributed by atoms with Crippen LogP contribution in [0.2, 0.25) is 0 Å². The predicted octanol–water partition coefficient (Wildman–Crippen LogP) is 3.20. The average Bonchev–Trinajstić information content (AvgIpc) is 2.40. The fourth-order valence-corrected chi connectivity index (χ4v) is 2.07. The van der Waals surface area contributed by atoms with Crippen molar-refractivity contribution in [2.24, 2.45) is 5.73 Å². The molecule has 0 radical (unpaired) electrons. The molecule has 0 saturated heterocycles. The lowest BCUT2D eigenvalue weighted by molar-refractivity contribution is 0.302. The smallest absolute Gasteiger partial charge is 0.136 e. The van der Waals surface area contributed by atoms with Crippen molar-refractivity contribution in [3.8, 4) is 5.75 Å². The Hall–Kier alpha value is -1.53. The number of nitrogens with zero attached hydrogens (tertiary/aromatic N) is 1. The second-order valence-corrected chi connectivity index (χ2v) is 5.03. The van der Waals surface area contributed by atoms with Crippen LogP contribution in [0.15, 0.2) is 41.0 Å². The van der Waals surface area contributed by atoms with Gasteiger partial charge in [-0.3, -0.25) is 4.98 Å². The number of halogens is 2. The lowest BCUT2D eigenvalue weighted by Crippen LogP contribution is -2.15. The molecule has 0 spiro atoms. The van der Waals surface area contributed by atoms with Crippen molar-refractivity contribution in [1.29, 1.82) is 0 Å². The first-order valence-corrected chi connectivity index (χ1v) is 6.59. The number of hydrogen-bond donors (Lipinski definition) is 1. The first kappa shape index (κ1) is 13.9. The minimum Gasteiger partial charge on any atom is -0.488 e. The molecule has 98 valence electrons. The highest BCUT2D eigenvalue weighted by molar-refractivity contribution is 9.10. The Morgan fingerprint density at radius 2 is 2.21 bits per heavy atom. The summed E-state index contributed by atoms with van der Waals surface area (Å²) in [7, 11) is 0. The monoisotopic (exact) mass is 340 g/mol. The van der Waals surface area contributed by atoms with E-state index < -0.39 is 0 Å². The van der Waals surface area contributed by atoms with Gasteiger partial charge < -0.3 is 10.5 Å². The van der Waals surface area contributed by atoms with Gasteiger partial charge in [-0.1, -0.05) is 18.3 Å². The molecule has 0 amide bonds. The van der Waals surface area contributed by atoms with Crippen LogP contribution in [0.25, 0.3) is 0 Å². The van der Waals surface area contributed by atoms with Gasteiger partial charge in [0.15, 0.2) is 0 Å². The summed E-state index contributed by atoms with van der Waals surface area (Å²) >= 11 is 8.21. The van der Waals surface area contributed by atoms with E-state index in [-0.39, 0.29) is 17.4 Å². The van der Waals surface area contributed by atoms with Crippen LogP contribution < -0.4 is 10.5 Å². The number of nitrogens with two attached hydrogens (primary N) is 1. The summed E-state index contributed by atoms with van der Waals surface area (Å²) in [6.07, 6.45) is 1.61. The molecule has 0 aliphatic carbocycles. The molecule has 19 heavy (non-hydrogen) atoms. The number of benzene rings is 1. The maximum absolute atomic E-state index is 13.1. The number of aromatic nitrogens is 1. The number of pyridine rings is 1. The Morgan fingerprint density at radius 3 is 2.95 bits per heavy atom. The first-order valence-electron chi connectivity index (χ1n) is 5.39. The van der Waals surface area contributed by atoms with Crippen molar-refractivity contribution in [1.82, 2.24) is 4.98 Å². The largest absolute Gasteiger partial charge is 0.488 e. The fourth-order valence-electron chi connectivity index (χ4n) is 1.52. The zero-order valence-corrected chi connectivity index (χ0v) is 12.2. The minimum atomic E-state index is -0.362. The number of hydrogen-bond acceptors (Lipinski definition) is 3. The molecular formula is C13H10BrFN2OS. The van der Waals surface area contributed by atoms with Gasteiger partial charge in [-0.2, -0.15) is 0 Å². The summed E-state index contributed by atoms with van der Waals surface area (Å²) in [4.78, 5) is 4.30. The van der Waals surface area contributed by atoms with E-state index in [1.54, 1.807) is 18.3 Å². The predicted molar refractivity (Wildman–Crippen MR) is 78.6 cm³/mol. The summed E-state index contributed by atoms with van der Waals surface area (Å²) in [6.45, 7) is 0.211. The molecule has 2 aromatic rings. The van der Waals surface area contributed by atoms with E-state index in [2.05, 4.69) is 20.9 Å². The van der Waals surface area contributed by atoms with Crippen LogP contribution in [0.5, 0.6) is 5.75 Å². The Morgan fingerprint density at radius 1 is 1.42 bits per heavy atom. The van der Waals surface area contributed by atoms with Crippen molar-refractivity contribution in [3.63, 3.8) is 0 Å². The van der Waals surface area contributed by atoms with Crippen molar-refractivity contribution in [2.75, 3.05) is 0 Å². The van der Waals surface area contributed by atoms with Gasteiger partial charge in [0, 0.05) is 17.8 Å². The van der Waals surface area contributed by atoms with E-state index in [9.17, 15) is 4.39 Å². The van der Waals surface area contributed by atoms with Gasteiger partial charge in [-0.25, -0.2) is 4.39 Å². The summed E-state index contributed by atoms with van der Waals surface area (Å²) < 4.78 is 19.4. The Kier molecular flexibility index (Phi) is 4.44. The molecule has 1 aromatic carbocycles. The SMILES string of the molecule is NC(=S)c1ncccc1COc1cc(F)ccc1Br. The maximum atomic E-state index is 13.1. The molecule has 0 aliphatic rings. The lowest BCUT2D eigenvalue weighted by Gasteiger charge is -2.10. The zero-order valence-electron chi connectivity index (χ0n) is 9.77. The van der Waals surface area contributed by atoms with Crippen LogP contribution in [0.4, 0.5) is 4.39 Å². The van der Waals surface area contributed by atoms with Crippen molar-refractivity contribution >= 4 is 33.1 Å². The number of rotatable bonds is 4. The molecule has 1 aromatic heterocycles. The summed E-state index contributed by atoms with van der Waals surface area (Å²) in [5.74, 6) is 0.0525. The van der Waals surface area contributed by atoms with Crippen LogP contribution in [0.1, 0.15) is 11.3 Å². The molecule has 1 heterocycles. The highest BCUT2D eigenvalue weighted by Gasteiger charge is 2.08. The van der Waals surface area contributed by atoms with Crippen LogP contribution in [-0.4, -0.2) is 9.97 Å². The summed E-state index contributed by atoms with van der Waals surface area (Å²) in [6, 6.07) is 7.82. The molecule has 0 bridgehead atoms. The van der Waals surface area contributed by atoms with Gasteiger partial charge in [0.1, 0.15) is 28.9 Å². The number of ether oxygens (including phenoxy) is 1. The summed E-state index contributed by atoms with van der Waals surface area (Å²) in [5.41, 5.74) is 6.86. The molecule has 0 aliphatic heterocycles. The lowest BCUT2D eigenvalue weighted by atomic mass is 10.2. The van der Waals surface area contributed by atoms with Crippen molar-refractivity contribution < 1.29 is 9.13 Å². The molecule has 6 heteroatoms. The summed E-state index contributed by atoms with van der Waals surface area (Å²) in [5, 5.41) is 0. The standard InChI is InChI=1S/C13H10BrFN2OS/c14-10-4-3-9(15)6-11(10)18-7-8-2-1-5-17-12(8)13(16)19/h1-6H,7H2,(H2,16,19). The van der Waals surface area contributed by atoms with Crippen molar-refractivity contribution in [3.05, 3.63) is 58.1 Å². The van der Waals surface area contributed by atoms with E-state index >= 15 is 0 Å². The van der Waals surface area contributed by atoms with E-state index in [0.717, 1.165) is 5.56 Å². The zero-order chi connectivity index (χ0) is 13.8. The van der Waals surface area contributed by atoms with Gasteiger partial charge in [0.05, 0.1) is 4.47 Å². The molecule has 0 unspecified atom stereocenters. The van der Waals surface area contributed by atoms with Crippen LogP contribution in [0.3, 0.4) is 0 Å². The third-order valence-corrected chi connectivity index (χ3v) is 3.25. The topological polar surface area (TPSA) is 48.1 Å². The third-order valence-electron chi connectivity index (χ3n) is 2.40. The van der Waals surface area contributed by atoms with Crippen LogP contribution in [-0.2, 0) is 6.61 Å². The van der Waals surface area contributed by atoms with Gasteiger partial charge in [0.25, 0.3) is 0 Å². The molecule has 2 N–H and O–H groups in total. The average molecular weight is 341 g/mol. The highest BCUT2D eigenvalue weighted by Crippen LogP contribution is 2.26. The highest BCUT2D eigenvalue weighted by atomic mass is 79.9. The molecule has 2 rings (SSSR count). The number of thiocarbonyl (C=S) groups is 1. The van der Waals surface area contributed by atoms with Crippen LogP contribution in [0, 0.1) is 5.82 Å². The maximum Gasteiger partial charge on any atom is 0.136 e. The quantitative estimate of drug-likeness (QED) is 0.868. The normalized spacial score (nSPS) is 10.2. The van der Waals surface area contributed by atoms with Crippen LogP contribution >= 0.6 is 28.1 Å². The molecule has 3 nitrogen and oxygen atoms in total. The third kappa shape index (κ3) is 3.48. The molecule has 0 atom stereocenters. The Balaban J connectivity index is 2.19. The van der Waals surface area contributed by atoms with Crippen molar-refractivity contribution in [2.45, 2.75) is 6.61 Å². The van der Waals surface area contributed by atoms with E-state index in [0.29, 0.717) is 15.9 Å². The van der Waals surface area contributed by atoms with Gasteiger partial charge in [-0.05, 0) is 34.1 Å². The van der Waals surface area contributed by atoms with E-state index in [4.69, 9.17) is 22.7 Å². The minimum absolute atomic E-state index is 0.206. The second kappa shape index (κ2) is 6.08. The molecular weight excluding hydrogens is 331 g/mol. The molecule has 0 fully saturated rings.